The molecule has 0 fully saturated rings. The highest BCUT2D eigenvalue weighted by atomic mass is 14.0. The van der Waals surface area contributed by atoms with Crippen LogP contribution in [0.2, 0.25) is 0 Å². The van der Waals surface area contributed by atoms with Crippen LogP contribution in [0.5, 0.6) is 0 Å². The SMILES string of the molecule is C=CC.C=CCc1ccccc1.CC.CC.CC.CC.CC.CC.CCC.CCc1ccccc1.c1ccc(Cc2ccccc2)cc1.c1ccc(Cc2ccccc2)cc1. The van der Waals surface area contributed by atoms with E-state index in [1.54, 1.807) is 6.08 Å². The Hall–Kier alpha value is -5.20. The van der Waals surface area contributed by atoms with Crippen LogP contribution in [0.15, 0.2) is 207 Å². The molecule has 61 heavy (non-hydrogen) atoms. The van der Waals surface area contributed by atoms with Crippen LogP contribution in [0.4, 0.5) is 0 Å². The van der Waals surface area contributed by atoms with Crippen molar-refractivity contribution in [3.8, 4) is 0 Å². The van der Waals surface area contributed by atoms with E-state index in [1.165, 1.54) is 39.8 Å². The Morgan fingerprint density at radius 2 is 0.475 bits per heavy atom. The predicted octanol–water partition coefficient (Wildman–Crippen LogP) is 20.0. The standard InChI is InChI=1S/2C13H12.C9H10.C8H10.C3H8.C3H6.6C2H6/c2*1-3-7-12(8-4-1)11-13-9-5-2-6-10-13;1-2-6-9-7-4-3-5-8-9;1-2-8-6-4-3-5-7-8;2*1-3-2;6*1-2/h2*1-10H,11H2;2-5,7-8H,1,6H2;3-7H,2H2,1H3;3H2,1-2H3;3H,1H2,2H3;6*1-2H3. The molecule has 0 heterocycles. The largest absolute Gasteiger partial charge is 0.103 e. The zero-order valence-electron chi connectivity index (χ0n) is 42.4. The summed E-state index contributed by atoms with van der Waals surface area (Å²) in [7, 11) is 0. The van der Waals surface area contributed by atoms with E-state index in [0.29, 0.717) is 0 Å². The van der Waals surface area contributed by atoms with Gasteiger partial charge in [0.15, 0.2) is 0 Å². The number of hydrogen-bond donors (Lipinski definition) is 0. The maximum Gasteiger partial charge on any atom is -0.00258 e. The van der Waals surface area contributed by atoms with E-state index >= 15 is 0 Å². The molecule has 0 aliphatic rings. The molecule has 6 aromatic rings. The summed E-state index contributed by atoms with van der Waals surface area (Å²) in [4.78, 5) is 0. The minimum absolute atomic E-state index is 0.973. The summed E-state index contributed by atoms with van der Waals surface area (Å²) in [5.41, 5.74) is 8.21. The highest BCUT2D eigenvalue weighted by molar-refractivity contribution is 5.26. The number of benzene rings is 6. The molecule has 0 aliphatic carbocycles. The number of allylic oxidation sites excluding steroid dienone is 2. The molecule has 0 aromatic heterocycles. The second kappa shape index (κ2) is 64.0. The fourth-order valence-corrected chi connectivity index (χ4v) is 4.35. The molecular formula is C61H94. The van der Waals surface area contributed by atoms with Crippen molar-refractivity contribution in [2.75, 3.05) is 0 Å². The molecule has 0 spiro atoms. The molecule has 0 aliphatic heterocycles. The second-order valence-electron chi connectivity index (χ2n) is 11.2. The van der Waals surface area contributed by atoms with Crippen LogP contribution >= 0.6 is 0 Å². The van der Waals surface area contributed by atoms with Crippen molar-refractivity contribution in [3.63, 3.8) is 0 Å². The van der Waals surface area contributed by atoms with E-state index in [9.17, 15) is 0 Å². The van der Waals surface area contributed by atoms with Crippen LogP contribution in [-0.2, 0) is 25.7 Å². The van der Waals surface area contributed by atoms with Crippen molar-refractivity contribution in [2.45, 2.75) is 143 Å². The molecule has 0 radical (unpaired) electrons. The van der Waals surface area contributed by atoms with E-state index in [1.807, 2.05) is 120 Å². The Morgan fingerprint density at radius 1 is 0.311 bits per heavy atom. The Bertz CT molecular complexity index is 1390. The molecule has 0 amide bonds. The van der Waals surface area contributed by atoms with E-state index in [2.05, 4.69) is 192 Å². The molecule has 0 atom stereocenters. The van der Waals surface area contributed by atoms with E-state index < -0.39 is 0 Å². The average Bonchev–Trinajstić information content (AvgIpc) is 3.36. The molecule has 0 unspecified atom stereocenters. The summed E-state index contributed by atoms with van der Waals surface area (Å²) in [6.45, 7) is 39.3. The summed E-state index contributed by atoms with van der Waals surface area (Å²) < 4.78 is 0. The topological polar surface area (TPSA) is 0 Å². The normalized spacial score (nSPS) is 7.80. The van der Waals surface area contributed by atoms with Crippen molar-refractivity contribution in [1.29, 1.82) is 0 Å². The first-order valence-corrected chi connectivity index (χ1v) is 23.5. The zero-order chi connectivity index (χ0) is 47.6. The fraction of sp³-hybridized carbons (Fsp3) is 0.344. The Labute approximate surface area is 382 Å². The van der Waals surface area contributed by atoms with Gasteiger partial charge in [-0.1, -0.05) is 304 Å². The van der Waals surface area contributed by atoms with Crippen LogP contribution in [0.3, 0.4) is 0 Å². The number of rotatable bonds is 7. The van der Waals surface area contributed by atoms with Crippen molar-refractivity contribution in [3.05, 3.63) is 241 Å². The van der Waals surface area contributed by atoms with Crippen molar-refractivity contribution < 1.29 is 0 Å². The summed E-state index contributed by atoms with van der Waals surface area (Å²) in [6.07, 6.45) is 9.08. The average molecular weight is 827 g/mol. The van der Waals surface area contributed by atoms with Crippen molar-refractivity contribution in [1.82, 2.24) is 0 Å². The summed E-state index contributed by atoms with van der Waals surface area (Å²) in [5, 5.41) is 0. The molecule has 0 nitrogen and oxygen atoms in total. The van der Waals surface area contributed by atoms with E-state index in [0.717, 1.165) is 25.7 Å². The molecule has 0 heteroatoms. The van der Waals surface area contributed by atoms with Gasteiger partial charge in [-0.05, 0) is 66.0 Å². The number of aryl methyl sites for hydroxylation is 1. The molecule has 0 saturated carbocycles. The van der Waals surface area contributed by atoms with Crippen LogP contribution in [0.1, 0.15) is 151 Å². The summed E-state index contributed by atoms with van der Waals surface area (Å²) in [6, 6.07) is 62.9. The lowest BCUT2D eigenvalue weighted by molar-refractivity contribution is 1.09. The summed E-state index contributed by atoms with van der Waals surface area (Å²) in [5.74, 6) is 0. The molecule has 6 rings (SSSR count). The van der Waals surface area contributed by atoms with Gasteiger partial charge in [-0.15, -0.1) is 13.2 Å². The first kappa shape index (κ1) is 67.6. The van der Waals surface area contributed by atoms with Gasteiger partial charge < -0.3 is 0 Å². The summed E-state index contributed by atoms with van der Waals surface area (Å²) >= 11 is 0. The molecule has 0 bridgehead atoms. The quantitative estimate of drug-likeness (QED) is 0.141. The minimum atomic E-state index is 0.973. The first-order valence-electron chi connectivity index (χ1n) is 23.5. The molecule has 338 valence electrons. The van der Waals surface area contributed by atoms with Crippen LogP contribution < -0.4 is 0 Å². The molecule has 6 aromatic carbocycles. The van der Waals surface area contributed by atoms with Gasteiger partial charge in [0.2, 0.25) is 0 Å². The van der Waals surface area contributed by atoms with E-state index in [4.69, 9.17) is 0 Å². The van der Waals surface area contributed by atoms with Gasteiger partial charge in [0.1, 0.15) is 0 Å². The van der Waals surface area contributed by atoms with Gasteiger partial charge in [-0.2, -0.15) is 0 Å². The lowest BCUT2D eigenvalue weighted by atomic mass is 10.1. The second-order valence-corrected chi connectivity index (χ2v) is 11.2. The van der Waals surface area contributed by atoms with Crippen molar-refractivity contribution in [2.24, 2.45) is 0 Å². The first-order chi connectivity index (χ1) is 30.1. The molecular weight excluding hydrogens is 733 g/mol. The lowest BCUT2D eigenvalue weighted by Gasteiger charge is -2.00. The van der Waals surface area contributed by atoms with Gasteiger partial charge in [0.05, 0.1) is 0 Å². The third-order valence-electron chi connectivity index (χ3n) is 6.66. The van der Waals surface area contributed by atoms with Gasteiger partial charge in [-0.3, -0.25) is 0 Å². The molecule has 0 N–H and O–H groups in total. The Balaban J connectivity index is -0.000000148. The lowest BCUT2D eigenvalue weighted by Crippen LogP contribution is -1.85. The third kappa shape index (κ3) is 49.1. The maximum atomic E-state index is 3.66. The van der Waals surface area contributed by atoms with Crippen LogP contribution in [0.25, 0.3) is 0 Å². The van der Waals surface area contributed by atoms with Gasteiger partial charge >= 0.3 is 0 Å². The molecule has 0 saturated heterocycles. The highest BCUT2D eigenvalue weighted by Crippen LogP contribution is 2.09. The Kier molecular flexibility index (Phi) is 70.8. The van der Waals surface area contributed by atoms with Crippen molar-refractivity contribution >= 4 is 0 Å². The minimum Gasteiger partial charge on any atom is -0.103 e. The number of hydrogen-bond acceptors (Lipinski definition) is 0. The van der Waals surface area contributed by atoms with Gasteiger partial charge in [0.25, 0.3) is 0 Å². The predicted molar refractivity (Wildman–Crippen MR) is 287 cm³/mol. The maximum absolute atomic E-state index is 3.66. The third-order valence-corrected chi connectivity index (χ3v) is 6.66. The van der Waals surface area contributed by atoms with Crippen LogP contribution in [0, 0.1) is 0 Å². The monoisotopic (exact) mass is 827 g/mol. The van der Waals surface area contributed by atoms with Gasteiger partial charge in [0, 0.05) is 0 Å². The smallest absolute Gasteiger partial charge is 0.00258 e. The fourth-order valence-electron chi connectivity index (χ4n) is 4.35. The zero-order valence-corrected chi connectivity index (χ0v) is 42.4. The van der Waals surface area contributed by atoms with Gasteiger partial charge in [-0.25, -0.2) is 0 Å². The van der Waals surface area contributed by atoms with E-state index in [-0.39, 0.29) is 0 Å². The van der Waals surface area contributed by atoms with Crippen LogP contribution in [-0.4, -0.2) is 0 Å². The highest BCUT2D eigenvalue weighted by Gasteiger charge is 1.93. The Morgan fingerprint density at radius 3 is 0.623 bits per heavy atom.